The van der Waals surface area contributed by atoms with Gasteiger partial charge >= 0.3 is 5.97 Å². The van der Waals surface area contributed by atoms with Crippen LogP contribution in [-0.4, -0.2) is 24.6 Å². The monoisotopic (exact) mass is 403 g/mol. The van der Waals surface area contributed by atoms with Crippen molar-refractivity contribution in [3.8, 4) is 5.75 Å². The van der Waals surface area contributed by atoms with Gasteiger partial charge in [-0.25, -0.2) is 4.79 Å². The number of amides is 1. The summed E-state index contributed by atoms with van der Waals surface area (Å²) in [7, 11) is 0. The standard InChI is InChI=1S/C25H25NO4/c1-2-23(30-21-14-7-4-8-15-21)25(28)29-18-24(27)26-22-16-10-9-13-20(22)17-19-11-5-3-6-12-19/h3-16,23H,2,17-18H2,1H3,(H,26,27)/t23-/m0/s1. The number of carbonyl (C=O) groups is 2. The van der Waals surface area contributed by atoms with Gasteiger partial charge in [-0.2, -0.15) is 0 Å². The Hall–Kier alpha value is -3.60. The van der Waals surface area contributed by atoms with Crippen LogP contribution >= 0.6 is 0 Å². The van der Waals surface area contributed by atoms with Gasteiger partial charge in [0.1, 0.15) is 5.75 Å². The molecule has 1 atom stereocenters. The molecule has 0 saturated heterocycles. The molecule has 0 aromatic heterocycles. The first kappa shape index (κ1) is 21.1. The van der Waals surface area contributed by atoms with Gasteiger partial charge in [-0.3, -0.25) is 4.79 Å². The third-order valence-electron chi connectivity index (χ3n) is 4.53. The summed E-state index contributed by atoms with van der Waals surface area (Å²) in [5.74, 6) is -0.368. The van der Waals surface area contributed by atoms with E-state index >= 15 is 0 Å². The van der Waals surface area contributed by atoms with Crippen molar-refractivity contribution in [2.45, 2.75) is 25.9 Å². The second-order valence-electron chi connectivity index (χ2n) is 6.80. The number of rotatable bonds is 9. The zero-order valence-electron chi connectivity index (χ0n) is 16.9. The maximum Gasteiger partial charge on any atom is 0.347 e. The zero-order valence-corrected chi connectivity index (χ0v) is 16.9. The molecule has 0 aliphatic rings. The van der Waals surface area contributed by atoms with Crippen molar-refractivity contribution in [1.82, 2.24) is 0 Å². The molecule has 3 aromatic carbocycles. The Morgan fingerprint density at radius 1 is 0.867 bits per heavy atom. The predicted molar refractivity (Wildman–Crippen MR) is 116 cm³/mol. The molecule has 0 unspecified atom stereocenters. The molecule has 3 rings (SSSR count). The van der Waals surface area contributed by atoms with E-state index in [0.717, 1.165) is 11.1 Å². The molecule has 5 nitrogen and oxygen atoms in total. The summed E-state index contributed by atoms with van der Waals surface area (Å²) in [6.07, 6.45) is 0.375. The second-order valence-corrected chi connectivity index (χ2v) is 6.80. The quantitative estimate of drug-likeness (QED) is 0.530. The number of nitrogens with one attached hydrogen (secondary N) is 1. The zero-order chi connectivity index (χ0) is 21.2. The van der Waals surface area contributed by atoms with Gasteiger partial charge < -0.3 is 14.8 Å². The Morgan fingerprint density at radius 2 is 1.50 bits per heavy atom. The summed E-state index contributed by atoms with van der Waals surface area (Å²) in [6, 6.07) is 26.7. The van der Waals surface area contributed by atoms with Gasteiger partial charge in [0.2, 0.25) is 0 Å². The van der Waals surface area contributed by atoms with E-state index < -0.39 is 18.0 Å². The summed E-state index contributed by atoms with van der Waals surface area (Å²) in [4.78, 5) is 24.7. The first-order valence-electron chi connectivity index (χ1n) is 9.95. The van der Waals surface area contributed by atoms with Crippen molar-refractivity contribution in [1.29, 1.82) is 0 Å². The minimum Gasteiger partial charge on any atom is -0.479 e. The van der Waals surface area contributed by atoms with Crippen LogP contribution in [0.3, 0.4) is 0 Å². The molecule has 0 aliphatic heterocycles. The number of hydrogen-bond acceptors (Lipinski definition) is 4. The van der Waals surface area contributed by atoms with Gasteiger partial charge in [0.15, 0.2) is 12.7 Å². The van der Waals surface area contributed by atoms with Gasteiger partial charge in [0.05, 0.1) is 0 Å². The predicted octanol–water partition coefficient (Wildman–Crippen LogP) is 4.62. The first-order valence-corrected chi connectivity index (χ1v) is 9.95. The van der Waals surface area contributed by atoms with Crippen molar-refractivity contribution in [3.63, 3.8) is 0 Å². The minimum absolute atomic E-state index is 0.368. The molecule has 154 valence electrons. The normalized spacial score (nSPS) is 11.4. The fourth-order valence-electron chi connectivity index (χ4n) is 2.99. The highest BCUT2D eigenvalue weighted by Gasteiger charge is 2.21. The van der Waals surface area contributed by atoms with E-state index in [1.54, 1.807) is 12.1 Å². The average Bonchev–Trinajstić information content (AvgIpc) is 2.78. The Bertz CT molecular complexity index is 957. The van der Waals surface area contributed by atoms with Gasteiger partial charge in [-0.1, -0.05) is 73.7 Å². The molecule has 1 N–H and O–H groups in total. The van der Waals surface area contributed by atoms with E-state index in [9.17, 15) is 9.59 Å². The van der Waals surface area contributed by atoms with Crippen molar-refractivity contribution in [2.24, 2.45) is 0 Å². The van der Waals surface area contributed by atoms with E-state index in [0.29, 0.717) is 24.3 Å². The number of anilines is 1. The fourth-order valence-corrected chi connectivity index (χ4v) is 2.99. The molecule has 0 heterocycles. The lowest BCUT2D eigenvalue weighted by Crippen LogP contribution is -2.31. The van der Waals surface area contributed by atoms with Gasteiger partial charge in [0.25, 0.3) is 5.91 Å². The van der Waals surface area contributed by atoms with Gasteiger partial charge in [0, 0.05) is 5.69 Å². The number of para-hydroxylation sites is 2. The molecule has 1 amide bonds. The van der Waals surface area contributed by atoms with Crippen LogP contribution in [0.1, 0.15) is 24.5 Å². The highest BCUT2D eigenvalue weighted by molar-refractivity contribution is 5.93. The summed E-state index contributed by atoms with van der Waals surface area (Å²) in [6.45, 7) is 1.46. The molecule has 3 aromatic rings. The Kier molecular flexibility index (Phi) is 7.61. The van der Waals surface area contributed by atoms with E-state index in [2.05, 4.69) is 5.32 Å². The van der Waals surface area contributed by atoms with Crippen molar-refractivity contribution < 1.29 is 19.1 Å². The topological polar surface area (TPSA) is 64.6 Å². The average molecular weight is 403 g/mol. The lowest BCUT2D eigenvalue weighted by atomic mass is 10.0. The molecular formula is C25H25NO4. The summed E-state index contributed by atoms with van der Waals surface area (Å²) >= 11 is 0. The lowest BCUT2D eigenvalue weighted by Gasteiger charge is -2.16. The highest BCUT2D eigenvalue weighted by atomic mass is 16.6. The van der Waals surface area contributed by atoms with Crippen LogP contribution in [0.25, 0.3) is 0 Å². The lowest BCUT2D eigenvalue weighted by molar-refractivity contribution is -0.154. The van der Waals surface area contributed by atoms with E-state index in [1.807, 2.05) is 79.7 Å². The summed E-state index contributed by atoms with van der Waals surface area (Å²) in [5, 5.41) is 2.84. The van der Waals surface area contributed by atoms with Crippen LogP contribution in [0.15, 0.2) is 84.9 Å². The Labute approximate surface area is 176 Å². The molecule has 0 fully saturated rings. The van der Waals surface area contributed by atoms with Crippen molar-refractivity contribution in [3.05, 3.63) is 96.1 Å². The van der Waals surface area contributed by atoms with Gasteiger partial charge in [-0.15, -0.1) is 0 Å². The smallest absolute Gasteiger partial charge is 0.347 e. The van der Waals surface area contributed by atoms with Crippen molar-refractivity contribution in [2.75, 3.05) is 11.9 Å². The molecule has 0 aliphatic carbocycles. The van der Waals surface area contributed by atoms with Crippen LogP contribution in [0.2, 0.25) is 0 Å². The van der Waals surface area contributed by atoms with E-state index in [1.165, 1.54) is 0 Å². The second kappa shape index (κ2) is 10.8. The van der Waals surface area contributed by atoms with E-state index in [4.69, 9.17) is 9.47 Å². The summed E-state index contributed by atoms with van der Waals surface area (Å²) in [5.41, 5.74) is 2.84. The first-order chi connectivity index (χ1) is 14.7. The maximum absolute atomic E-state index is 12.4. The van der Waals surface area contributed by atoms with Gasteiger partial charge in [-0.05, 0) is 42.2 Å². The fraction of sp³-hybridized carbons (Fsp3) is 0.200. The van der Waals surface area contributed by atoms with Crippen LogP contribution in [-0.2, 0) is 20.7 Å². The Morgan fingerprint density at radius 3 is 2.20 bits per heavy atom. The maximum atomic E-state index is 12.4. The third kappa shape index (κ3) is 6.21. The van der Waals surface area contributed by atoms with Crippen LogP contribution in [0.4, 0.5) is 5.69 Å². The summed E-state index contributed by atoms with van der Waals surface area (Å²) < 4.78 is 10.8. The molecule has 30 heavy (non-hydrogen) atoms. The number of carbonyl (C=O) groups excluding carboxylic acids is 2. The SMILES string of the molecule is CC[C@H](Oc1ccccc1)C(=O)OCC(=O)Nc1ccccc1Cc1ccccc1. The number of benzene rings is 3. The highest BCUT2D eigenvalue weighted by Crippen LogP contribution is 2.19. The molecule has 5 heteroatoms. The van der Waals surface area contributed by atoms with Crippen molar-refractivity contribution >= 4 is 17.6 Å². The molecule has 0 spiro atoms. The molecule has 0 saturated carbocycles. The number of ether oxygens (including phenoxy) is 2. The number of hydrogen-bond donors (Lipinski definition) is 1. The van der Waals surface area contributed by atoms with Crippen LogP contribution in [0, 0.1) is 0 Å². The number of esters is 1. The van der Waals surface area contributed by atoms with Crippen LogP contribution in [0.5, 0.6) is 5.75 Å². The van der Waals surface area contributed by atoms with Crippen LogP contribution < -0.4 is 10.1 Å². The minimum atomic E-state index is -0.759. The third-order valence-corrected chi connectivity index (χ3v) is 4.53. The largest absolute Gasteiger partial charge is 0.479 e. The van der Waals surface area contributed by atoms with E-state index in [-0.39, 0.29) is 6.61 Å². The molecule has 0 bridgehead atoms. The molecular weight excluding hydrogens is 378 g/mol. The Balaban J connectivity index is 1.55. The molecule has 0 radical (unpaired) electrons.